The van der Waals surface area contributed by atoms with Crippen LogP contribution in [0.3, 0.4) is 0 Å². The highest BCUT2D eigenvalue weighted by atomic mass is 32.1. The van der Waals surface area contributed by atoms with Crippen LogP contribution >= 0.6 is 34.0 Å². The molecule has 3 aliphatic heterocycles. The first-order chi connectivity index (χ1) is 61.4. The van der Waals surface area contributed by atoms with Crippen LogP contribution in [0.15, 0.2) is 194 Å². The third-order valence-electron chi connectivity index (χ3n) is 20.2. The van der Waals surface area contributed by atoms with E-state index in [0.717, 1.165) is 70.1 Å². The SMILES string of the molecule is COc1cc(C(=O)NCC(=O)c2ccc3c(n2)-c2c(sc4c(F)cccc24)CO3)ccc1OCCO.COc1ccc(COCCOc2ccc(C(=O)NCC(=O)c3ccc4c(n3)-c3c(sc5c(F)cccc35)CO4)cc2OC)cc1.COc1ccc(COCCOc2ccc(C(=O)NCC(O)c3ccc4c(n3)-c3c(sc5c(F)cccc35)CO4)cc2OC)cc1. The van der Waals surface area contributed by atoms with Crippen molar-refractivity contribution >= 4 is 93.6 Å². The number of pyridine rings is 3. The predicted molar refractivity (Wildman–Crippen MR) is 467 cm³/mol. The van der Waals surface area contributed by atoms with E-state index in [1.807, 2.05) is 66.7 Å². The van der Waals surface area contributed by atoms with Crippen LogP contribution in [0.1, 0.15) is 89.6 Å². The van der Waals surface area contributed by atoms with Crippen molar-refractivity contribution in [3.8, 4) is 97.0 Å². The van der Waals surface area contributed by atoms with Crippen LogP contribution in [0.2, 0.25) is 0 Å². The number of nitrogens with zero attached hydrogens (tertiary/aromatic N) is 3. The maximum atomic E-state index is 14.4. The Morgan fingerprint density at radius 1 is 0.413 bits per heavy atom. The molecule has 646 valence electrons. The van der Waals surface area contributed by atoms with Crippen LogP contribution in [0.4, 0.5) is 13.2 Å². The molecule has 0 bridgehead atoms. The van der Waals surface area contributed by atoms with Gasteiger partial charge in [0.15, 0.2) is 46.1 Å². The van der Waals surface area contributed by atoms with Crippen molar-refractivity contribution in [2.24, 2.45) is 0 Å². The number of hydrogen-bond donors (Lipinski definition) is 5. The molecule has 5 N–H and O–H groups in total. The second-order valence-corrected chi connectivity index (χ2v) is 31.5. The first-order valence-electron chi connectivity index (χ1n) is 39.5. The molecule has 9 heterocycles. The van der Waals surface area contributed by atoms with Gasteiger partial charge in [0.2, 0.25) is 0 Å². The molecule has 0 radical (unpaired) electrons. The fourth-order valence-corrected chi connectivity index (χ4v) is 17.3. The first kappa shape index (κ1) is 87.2. The maximum absolute atomic E-state index is 14.4. The van der Waals surface area contributed by atoms with Gasteiger partial charge in [-0.1, -0.05) is 60.7 Å². The summed E-state index contributed by atoms with van der Waals surface area (Å²) < 4.78 is 117. The number of amides is 3. The lowest BCUT2D eigenvalue weighted by Gasteiger charge is -2.19. The lowest BCUT2D eigenvalue weighted by atomic mass is 10.0. The number of aliphatic hydroxyl groups is 2. The topological polar surface area (TPSA) is 321 Å². The Bertz CT molecular complexity index is 6390. The average Bonchev–Trinajstić information content (AvgIpc) is 1.59. The minimum absolute atomic E-state index is 0.0799. The Labute approximate surface area is 731 Å². The van der Waals surface area contributed by atoms with E-state index in [0.29, 0.717) is 153 Å². The van der Waals surface area contributed by atoms with Gasteiger partial charge in [-0.05, 0) is 145 Å². The van der Waals surface area contributed by atoms with Crippen LogP contribution < -0.4 is 68.1 Å². The fourth-order valence-electron chi connectivity index (χ4n) is 13.9. The molecule has 32 heteroatoms. The number of thiophene rings is 3. The van der Waals surface area contributed by atoms with Gasteiger partial charge in [0.1, 0.15) is 120 Å². The summed E-state index contributed by atoms with van der Waals surface area (Å²) in [6.07, 6.45) is -1.09. The Hall–Kier alpha value is -13.7. The fraction of sp³-hybridized carbons (Fsp3) is 0.213. The van der Waals surface area contributed by atoms with Crippen molar-refractivity contribution in [3.63, 3.8) is 0 Å². The van der Waals surface area contributed by atoms with Gasteiger partial charge in [-0.15, -0.1) is 34.0 Å². The lowest BCUT2D eigenvalue weighted by Crippen LogP contribution is -2.30. The van der Waals surface area contributed by atoms with E-state index in [1.54, 1.807) is 111 Å². The van der Waals surface area contributed by atoms with Crippen LogP contribution in [0.25, 0.3) is 64.0 Å². The van der Waals surface area contributed by atoms with E-state index in [1.165, 1.54) is 85.7 Å². The smallest absolute Gasteiger partial charge is 0.251 e. The number of methoxy groups -OCH3 is 5. The van der Waals surface area contributed by atoms with E-state index in [2.05, 4.69) is 30.9 Å². The summed E-state index contributed by atoms with van der Waals surface area (Å²) in [6.45, 7) is 2.40. The number of benzene rings is 8. The molecule has 0 fully saturated rings. The zero-order valence-corrected chi connectivity index (χ0v) is 70.8. The molecule has 1 atom stereocenters. The average molecular weight is 1770 g/mol. The van der Waals surface area contributed by atoms with Gasteiger partial charge in [0, 0.05) is 56.1 Å². The highest BCUT2D eigenvalue weighted by molar-refractivity contribution is 7.20. The number of halogens is 3. The number of ketones is 2. The summed E-state index contributed by atoms with van der Waals surface area (Å²) >= 11 is 3.96. The third kappa shape index (κ3) is 19.7. The standard InChI is InChI=1S/C34H31FN2O7S.C34H29FN2O7S.C26H21FN2O6S/c2*1-40-22-9-6-20(7-10-22)18-42-14-15-43-27-12-8-21(16-29(27)41-2)34(39)36-17-26(38)25-11-13-28-32(37-25)31-23-4-3-5-24(35)33(23)45-30(31)19-44-28;1-33-21-11-14(5-7-19(21)34-10-9-30)26(32)28-12-18(31)17-6-8-20-24(29-17)23-15-3-2-4-16(27)25(15)36-22(23)13-35-20/h3-13,16,26,38H,14-15,17-19H2,1-2H3,(H,36,39);3-13,16H,14-15,17-19H2,1-2H3,(H,36,39);2-8,11,30H,9-10,12-13H2,1H3,(H,28,32). The molecule has 8 aromatic carbocycles. The number of nitrogens with one attached hydrogen (secondary N) is 3. The highest BCUT2D eigenvalue weighted by Gasteiger charge is 2.31. The number of Topliss-reactive ketones (excluding diaryl/α,β-unsaturated/α-hetero) is 2. The molecule has 26 nitrogen and oxygen atoms in total. The number of ether oxygens (including phenoxy) is 13. The van der Waals surface area contributed by atoms with Gasteiger partial charge >= 0.3 is 0 Å². The molecule has 0 saturated heterocycles. The van der Waals surface area contributed by atoms with Gasteiger partial charge in [-0.3, -0.25) is 24.0 Å². The number of rotatable bonds is 32. The largest absolute Gasteiger partial charge is 0.497 e. The van der Waals surface area contributed by atoms with Crippen molar-refractivity contribution in [2.75, 3.05) is 94.8 Å². The van der Waals surface area contributed by atoms with E-state index in [9.17, 15) is 42.3 Å². The van der Waals surface area contributed by atoms with Gasteiger partial charge in [-0.25, -0.2) is 28.1 Å². The zero-order chi connectivity index (χ0) is 87.9. The van der Waals surface area contributed by atoms with Crippen molar-refractivity contribution in [1.82, 2.24) is 30.9 Å². The zero-order valence-electron chi connectivity index (χ0n) is 68.4. The number of fused-ring (bicyclic) bond motifs is 15. The molecule has 17 rings (SSSR count). The van der Waals surface area contributed by atoms with Crippen molar-refractivity contribution in [2.45, 2.75) is 39.1 Å². The van der Waals surface area contributed by atoms with Gasteiger partial charge in [-0.2, -0.15) is 0 Å². The molecule has 0 saturated carbocycles. The summed E-state index contributed by atoms with van der Waals surface area (Å²) in [5.41, 5.74) is 7.49. The van der Waals surface area contributed by atoms with Crippen LogP contribution in [0.5, 0.6) is 63.2 Å². The minimum Gasteiger partial charge on any atom is -0.497 e. The molecular formula is C94H81F3N6O20S3. The molecule has 126 heavy (non-hydrogen) atoms. The van der Waals surface area contributed by atoms with E-state index >= 15 is 0 Å². The normalized spacial score (nSPS) is 12.0. The van der Waals surface area contributed by atoms with Gasteiger partial charge < -0.3 is 87.7 Å². The molecular weight excluding hydrogens is 1690 g/mol. The minimum atomic E-state index is -1.09. The Morgan fingerprint density at radius 3 is 1.15 bits per heavy atom. The molecule has 14 aromatic rings. The lowest BCUT2D eigenvalue weighted by molar-refractivity contribution is 0.0877. The molecule has 0 aliphatic carbocycles. The molecule has 1 unspecified atom stereocenters. The third-order valence-corrected chi connectivity index (χ3v) is 23.8. The van der Waals surface area contributed by atoms with E-state index in [4.69, 9.17) is 66.7 Å². The van der Waals surface area contributed by atoms with Crippen molar-refractivity contribution in [1.29, 1.82) is 0 Å². The summed E-state index contributed by atoms with van der Waals surface area (Å²) in [6, 6.07) is 54.0. The maximum Gasteiger partial charge on any atom is 0.251 e. The molecule has 6 aromatic heterocycles. The second-order valence-electron chi connectivity index (χ2n) is 28.2. The monoisotopic (exact) mass is 1770 g/mol. The number of carbonyl (C=O) groups is 5. The number of hydrogen-bond acceptors (Lipinski definition) is 26. The molecule has 0 spiro atoms. The predicted octanol–water partition coefficient (Wildman–Crippen LogP) is 16.3. The van der Waals surface area contributed by atoms with Gasteiger partial charge in [0.25, 0.3) is 17.7 Å². The summed E-state index contributed by atoms with van der Waals surface area (Å²) in [5, 5.41) is 30.1. The van der Waals surface area contributed by atoms with Crippen molar-refractivity contribution in [3.05, 3.63) is 271 Å². The Balaban J connectivity index is 0.000000147. The quantitative estimate of drug-likeness (QED) is 0.0193. The van der Waals surface area contributed by atoms with E-state index in [-0.39, 0.29) is 85.4 Å². The highest BCUT2D eigenvalue weighted by Crippen LogP contribution is 2.50. The molecule has 3 aliphatic rings. The summed E-state index contributed by atoms with van der Waals surface area (Å²) in [4.78, 5) is 80.8. The van der Waals surface area contributed by atoms with Crippen molar-refractivity contribution < 1.29 is 109 Å². The first-order valence-corrected chi connectivity index (χ1v) is 41.9. The Kier molecular flexibility index (Phi) is 27.9. The number of carbonyl (C=O) groups excluding carboxylic acids is 5. The van der Waals surface area contributed by atoms with Gasteiger partial charge in [0.05, 0.1) is 116 Å². The van der Waals surface area contributed by atoms with E-state index < -0.39 is 23.8 Å². The summed E-state index contributed by atoms with van der Waals surface area (Å²) in [7, 11) is 7.66. The van der Waals surface area contributed by atoms with Crippen LogP contribution in [-0.2, 0) is 42.5 Å². The summed E-state index contributed by atoms with van der Waals surface area (Å²) in [5.74, 6) is 2.56. The Morgan fingerprint density at radius 2 is 0.778 bits per heavy atom. The second kappa shape index (κ2) is 40.3. The number of aliphatic hydroxyl groups excluding tert-OH is 2. The van der Waals surface area contributed by atoms with Crippen LogP contribution in [0, 0.1) is 17.5 Å². The van der Waals surface area contributed by atoms with Crippen LogP contribution in [-0.4, -0.2) is 149 Å². The number of aromatic nitrogens is 3. The molecule has 3 amide bonds.